The number of aliphatic hydroxyl groups excluding tert-OH is 3. The van der Waals surface area contributed by atoms with Gasteiger partial charge in [-0.3, -0.25) is 4.79 Å². The Hall–Kier alpha value is -4.27. The smallest absolute Gasteiger partial charge is 0.412 e. The second-order valence-corrected chi connectivity index (χ2v) is 19.7. The predicted molar refractivity (Wildman–Crippen MR) is 267 cm³/mol. The number of nitrogens with zero attached hydrogens (tertiary/aromatic N) is 2. The molecule has 2 aromatic rings. The summed E-state index contributed by atoms with van der Waals surface area (Å²) >= 11 is 0. The highest BCUT2D eigenvalue weighted by atomic mass is 16.7. The van der Waals surface area contributed by atoms with Crippen LogP contribution >= 0.6 is 0 Å². The Morgan fingerprint density at radius 3 is 2.28 bits per heavy atom. The number of hydrogen-bond acceptors (Lipinski definition) is 11. The molecule has 13 heteroatoms. The quantitative estimate of drug-likeness (QED) is 0.0324. The van der Waals surface area contributed by atoms with E-state index < -0.39 is 29.4 Å². The van der Waals surface area contributed by atoms with Gasteiger partial charge in [-0.15, -0.1) is 6.58 Å². The lowest BCUT2D eigenvalue weighted by molar-refractivity contribution is -0.258. The molecule has 2 aliphatic carbocycles. The molecule has 3 aliphatic rings. The van der Waals surface area contributed by atoms with Crippen molar-refractivity contribution in [3.63, 3.8) is 0 Å². The van der Waals surface area contributed by atoms with E-state index in [-0.39, 0.29) is 76.3 Å². The average Bonchev–Trinajstić information content (AvgIpc) is 3.33. The van der Waals surface area contributed by atoms with Gasteiger partial charge in [0.2, 0.25) is 11.7 Å². The van der Waals surface area contributed by atoms with Crippen LogP contribution in [-0.2, 0) is 25.7 Å². The first kappa shape index (κ1) is 54.7. The second kappa shape index (κ2) is 28.4. The molecule has 5 rings (SSSR count). The predicted octanol–water partition coefficient (Wildman–Crippen LogP) is 10.2. The minimum Gasteiger partial charge on any atom is -0.459 e. The molecule has 1 saturated carbocycles. The normalized spacial score (nSPS) is 22.4. The fourth-order valence-corrected chi connectivity index (χ4v) is 10.3. The van der Waals surface area contributed by atoms with E-state index in [1.165, 1.54) is 32.1 Å². The van der Waals surface area contributed by atoms with Crippen molar-refractivity contribution in [3.8, 4) is 11.5 Å². The minimum atomic E-state index is -1.44. The molecule has 13 nitrogen and oxygen atoms in total. The molecule has 0 saturated heterocycles. The van der Waals surface area contributed by atoms with Crippen LogP contribution in [0.1, 0.15) is 154 Å². The number of carbonyl (C=O) groups excluding carboxylic acids is 2. The molecule has 2 aromatic carbocycles. The SMILES string of the molecule is C=CCO[C@@]12Oc3ccc(OC(=O)NCc4ccccc4)cc3[C@H]3[C@H](CCCCO)[C@@H](CCCCO)C=C(C(=NOC(C)(C)C)C[C@@H]1N(CCOCCO)C(=O)CCCCCCCCCCC)[C@H]32. The van der Waals surface area contributed by atoms with Crippen molar-refractivity contribution in [2.24, 2.45) is 22.9 Å². The van der Waals surface area contributed by atoms with Gasteiger partial charge in [0.1, 0.15) is 23.1 Å². The van der Waals surface area contributed by atoms with Crippen molar-refractivity contribution in [2.75, 3.05) is 46.2 Å². The van der Waals surface area contributed by atoms with E-state index >= 15 is 0 Å². The Balaban J connectivity index is 1.64. The van der Waals surface area contributed by atoms with Gasteiger partial charge in [-0.05, 0) is 94.0 Å². The van der Waals surface area contributed by atoms with Gasteiger partial charge in [0.25, 0.3) is 0 Å². The number of allylic oxidation sites excluding steroid dienone is 1. The molecule has 378 valence electrons. The van der Waals surface area contributed by atoms with E-state index in [1.807, 2.05) is 68.1 Å². The van der Waals surface area contributed by atoms with Crippen molar-refractivity contribution < 1.29 is 48.7 Å². The number of nitrogens with one attached hydrogen (secondary N) is 1. The third-order valence-electron chi connectivity index (χ3n) is 13.5. The highest BCUT2D eigenvalue weighted by Gasteiger charge is 2.65. The van der Waals surface area contributed by atoms with Crippen molar-refractivity contribution in [3.05, 3.63) is 84.0 Å². The lowest BCUT2D eigenvalue weighted by atomic mass is 9.55. The molecule has 6 atom stereocenters. The number of amides is 2. The van der Waals surface area contributed by atoms with E-state index in [2.05, 4.69) is 24.9 Å². The van der Waals surface area contributed by atoms with Crippen LogP contribution in [0.25, 0.3) is 0 Å². The van der Waals surface area contributed by atoms with Gasteiger partial charge in [0.15, 0.2) is 0 Å². The van der Waals surface area contributed by atoms with Crippen LogP contribution in [0.15, 0.2) is 78.0 Å². The van der Waals surface area contributed by atoms with Crippen molar-refractivity contribution >= 4 is 17.7 Å². The van der Waals surface area contributed by atoms with Gasteiger partial charge in [-0.2, -0.15) is 0 Å². The molecule has 2 amide bonds. The molecule has 1 aliphatic heterocycles. The highest BCUT2D eigenvalue weighted by Crippen LogP contribution is 2.62. The average molecular weight is 946 g/mol. The first-order valence-electron chi connectivity index (χ1n) is 25.7. The molecule has 0 aromatic heterocycles. The van der Waals surface area contributed by atoms with E-state index in [4.69, 9.17) is 28.9 Å². The Bertz CT molecular complexity index is 1900. The summed E-state index contributed by atoms with van der Waals surface area (Å²) in [6, 6.07) is 14.4. The fraction of sp³-hybridized carbons (Fsp3) is 0.655. The van der Waals surface area contributed by atoms with E-state index in [0.29, 0.717) is 43.0 Å². The number of aliphatic hydroxyl groups is 3. The summed E-state index contributed by atoms with van der Waals surface area (Å²) in [7, 11) is 0. The number of fused-ring (bicyclic) bond motifs is 2. The second-order valence-electron chi connectivity index (χ2n) is 19.7. The third kappa shape index (κ3) is 15.6. The Morgan fingerprint density at radius 1 is 0.897 bits per heavy atom. The molecular formula is C55H83N3O10. The molecular weight excluding hydrogens is 863 g/mol. The van der Waals surface area contributed by atoms with Crippen LogP contribution in [-0.4, -0.2) is 102 Å². The topological polar surface area (TPSA) is 169 Å². The van der Waals surface area contributed by atoms with Crippen LogP contribution in [0.5, 0.6) is 11.5 Å². The van der Waals surface area contributed by atoms with Crippen LogP contribution in [0.2, 0.25) is 0 Å². The zero-order valence-electron chi connectivity index (χ0n) is 41.6. The lowest BCUT2D eigenvalue weighted by Gasteiger charge is -2.60. The maximum Gasteiger partial charge on any atom is 0.412 e. The molecule has 68 heavy (non-hydrogen) atoms. The van der Waals surface area contributed by atoms with Crippen LogP contribution in [0, 0.1) is 17.8 Å². The highest BCUT2D eigenvalue weighted by molar-refractivity contribution is 6.03. The molecule has 0 radical (unpaired) electrons. The third-order valence-corrected chi connectivity index (χ3v) is 13.5. The zero-order chi connectivity index (χ0) is 48.8. The Morgan fingerprint density at radius 2 is 1.60 bits per heavy atom. The maximum atomic E-state index is 15.0. The largest absolute Gasteiger partial charge is 0.459 e. The maximum absolute atomic E-state index is 15.0. The molecule has 0 bridgehead atoms. The van der Waals surface area contributed by atoms with Gasteiger partial charge in [0.05, 0.1) is 38.1 Å². The number of ether oxygens (including phenoxy) is 4. The monoisotopic (exact) mass is 946 g/mol. The van der Waals surface area contributed by atoms with Gasteiger partial charge in [-0.1, -0.05) is 119 Å². The van der Waals surface area contributed by atoms with E-state index in [0.717, 1.165) is 68.1 Å². The van der Waals surface area contributed by atoms with Gasteiger partial charge >= 0.3 is 6.09 Å². The summed E-state index contributed by atoms with van der Waals surface area (Å²) in [5.41, 5.74) is 2.80. The van der Waals surface area contributed by atoms with Crippen LogP contribution in [0.3, 0.4) is 0 Å². The summed E-state index contributed by atoms with van der Waals surface area (Å²) in [6.45, 7) is 13.2. The number of carbonyl (C=O) groups is 2. The molecule has 1 heterocycles. The van der Waals surface area contributed by atoms with Gasteiger partial charge < -0.3 is 49.3 Å². The fourth-order valence-electron chi connectivity index (χ4n) is 10.3. The molecule has 4 N–H and O–H groups in total. The van der Waals surface area contributed by atoms with Crippen LogP contribution in [0.4, 0.5) is 4.79 Å². The van der Waals surface area contributed by atoms with Crippen molar-refractivity contribution in [1.82, 2.24) is 10.2 Å². The number of unbranched alkanes of at least 4 members (excludes halogenated alkanes) is 10. The zero-order valence-corrected chi connectivity index (χ0v) is 41.6. The summed E-state index contributed by atoms with van der Waals surface area (Å²) in [6.07, 6.45) is 18.6. The Labute approximate surface area is 406 Å². The van der Waals surface area contributed by atoms with Gasteiger partial charge in [0, 0.05) is 50.6 Å². The number of oxime groups is 1. The molecule has 1 fully saturated rings. The van der Waals surface area contributed by atoms with Crippen LogP contribution < -0.4 is 14.8 Å². The standard InChI is InChI=1S/C55H83N3O10/c1-6-8-9-10-11-12-13-14-18-27-50(62)58(30-35-64-36-33-61)49-39-47(57-68-54(3,4)5)45-37-42(25-19-21-31-59)44(26-20-22-32-60)51-46-38-43(66-53(63)56-40-41-23-16-15-17-24-41)28-29-48(46)67-55(49,52(45)51)65-34-7-2/h7,15-17,23-24,28-29,37-38,42,44,49,51-52,59-61H,2,6,8-14,18-22,25-27,30-36,39-40H2,1,3-5H3,(H,56,63)/t42-,44+,49-,51+,52+,55+/m0/s1. The number of rotatable bonds is 31. The first-order valence-corrected chi connectivity index (χ1v) is 25.7. The summed E-state index contributed by atoms with van der Waals surface area (Å²) < 4.78 is 26.4. The van der Waals surface area contributed by atoms with E-state index in [1.54, 1.807) is 12.1 Å². The Kier molecular flexibility index (Phi) is 22.8. The summed E-state index contributed by atoms with van der Waals surface area (Å²) in [5, 5.41) is 37.5. The first-order chi connectivity index (χ1) is 33.0. The summed E-state index contributed by atoms with van der Waals surface area (Å²) in [5.74, 6) is -1.34. The number of hydrogen-bond donors (Lipinski definition) is 4. The summed E-state index contributed by atoms with van der Waals surface area (Å²) in [4.78, 5) is 36.5. The molecule has 0 unspecified atom stereocenters. The van der Waals surface area contributed by atoms with Gasteiger partial charge in [-0.25, -0.2) is 4.79 Å². The van der Waals surface area contributed by atoms with E-state index in [9.17, 15) is 24.9 Å². The molecule has 0 spiro atoms. The number of benzene rings is 2. The minimum absolute atomic E-state index is 0.00643. The van der Waals surface area contributed by atoms with Crippen molar-refractivity contribution in [2.45, 2.75) is 167 Å². The lowest BCUT2D eigenvalue weighted by Crippen LogP contribution is -2.70. The van der Waals surface area contributed by atoms with Crippen molar-refractivity contribution in [1.29, 1.82) is 0 Å².